The summed E-state index contributed by atoms with van der Waals surface area (Å²) in [7, 11) is -3.49. The number of aromatic nitrogens is 2. The molecule has 18 heavy (non-hydrogen) atoms. The zero-order chi connectivity index (χ0) is 13.6. The van der Waals surface area contributed by atoms with Gasteiger partial charge in [0, 0.05) is 18.0 Å². The van der Waals surface area contributed by atoms with Crippen molar-refractivity contribution in [3.8, 4) is 0 Å². The van der Waals surface area contributed by atoms with Gasteiger partial charge in [0.05, 0.1) is 19.3 Å². The number of aliphatic hydroxyl groups excluding tert-OH is 1. The quantitative estimate of drug-likeness (QED) is 0.720. The van der Waals surface area contributed by atoms with E-state index < -0.39 is 10.0 Å². The van der Waals surface area contributed by atoms with Crippen LogP contribution in [0.5, 0.6) is 0 Å². The number of aliphatic hydroxyl groups is 1. The normalized spacial score (nSPS) is 13.7. The molecule has 0 saturated carbocycles. The lowest BCUT2D eigenvalue weighted by Gasteiger charge is -2.08. The Labute approximate surface area is 112 Å². The van der Waals surface area contributed by atoms with Crippen LogP contribution in [0.4, 0.5) is 0 Å². The summed E-state index contributed by atoms with van der Waals surface area (Å²) in [5.74, 6) is 0. The van der Waals surface area contributed by atoms with E-state index in [1.165, 1.54) is 17.1 Å². The van der Waals surface area contributed by atoms with Crippen LogP contribution >= 0.6 is 11.8 Å². The molecule has 1 unspecified atom stereocenters. The average Bonchev–Trinajstić information content (AvgIpc) is 2.78. The van der Waals surface area contributed by atoms with Crippen LogP contribution in [0, 0.1) is 0 Å². The van der Waals surface area contributed by atoms with Gasteiger partial charge in [0.15, 0.2) is 0 Å². The molecule has 1 rings (SSSR count). The topological polar surface area (TPSA) is 84.2 Å². The smallest absolute Gasteiger partial charge is 0.243 e. The van der Waals surface area contributed by atoms with Gasteiger partial charge in [-0.25, -0.2) is 13.1 Å². The minimum Gasteiger partial charge on any atom is -0.394 e. The van der Waals surface area contributed by atoms with Gasteiger partial charge in [0.2, 0.25) is 10.0 Å². The molecular weight excluding hydrogens is 274 g/mol. The van der Waals surface area contributed by atoms with Gasteiger partial charge in [-0.05, 0) is 12.7 Å². The number of hydrogen-bond acceptors (Lipinski definition) is 5. The van der Waals surface area contributed by atoms with E-state index in [0.717, 1.165) is 6.42 Å². The maximum Gasteiger partial charge on any atom is 0.243 e. The Bertz CT molecular complexity index is 459. The van der Waals surface area contributed by atoms with Gasteiger partial charge in [-0.1, -0.05) is 6.92 Å². The van der Waals surface area contributed by atoms with Crippen molar-refractivity contribution in [2.75, 3.05) is 19.4 Å². The summed E-state index contributed by atoms with van der Waals surface area (Å²) < 4.78 is 27.7. The highest BCUT2D eigenvalue weighted by Gasteiger charge is 2.16. The Morgan fingerprint density at radius 3 is 2.94 bits per heavy atom. The fourth-order valence-corrected chi connectivity index (χ4v) is 2.66. The summed E-state index contributed by atoms with van der Waals surface area (Å²) in [6.45, 7) is 2.69. The van der Waals surface area contributed by atoms with Crippen LogP contribution in [0.3, 0.4) is 0 Å². The summed E-state index contributed by atoms with van der Waals surface area (Å²) in [5.41, 5.74) is 0. The summed E-state index contributed by atoms with van der Waals surface area (Å²) in [6.07, 6.45) is 5.48. The first-order chi connectivity index (χ1) is 8.49. The van der Waals surface area contributed by atoms with Gasteiger partial charge in [-0.3, -0.25) is 4.68 Å². The third kappa shape index (κ3) is 4.60. The first-order valence-corrected chi connectivity index (χ1v) is 8.42. The first kappa shape index (κ1) is 15.5. The van der Waals surface area contributed by atoms with Crippen LogP contribution in [0.1, 0.15) is 13.3 Å². The largest absolute Gasteiger partial charge is 0.394 e. The van der Waals surface area contributed by atoms with E-state index in [9.17, 15) is 8.42 Å². The molecule has 0 aliphatic carbocycles. The third-order valence-corrected chi connectivity index (χ3v) is 4.95. The molecule has 0 bridgehead atoms. The fraction of sp³-hybridized carbons (Fsp3) is 0.700. The molecule has 0 saturated heterocycles. The predicted molar refractivity (Wildman–Crippen MR) is 72.1 cm³/mol. The van der Waals surface area contributed by atoms with Gasteiger partial charge in [0.25, 0.3) is 0 Å². The summed E-state index contributed by atoms with van der Waals surface area (Å²) in [5, 5.41) is 13.0. The summed E-state index contributed by atoms with van der Waals surface area (Å²) in [4.78, 5) is 0.132. The predicted octanol–water partition coefficient (Wildman–Crippen LogP) is 0.295. The monoisotopic (exact) mass is 293 g/mol. The second-order valence-electron chi connectivity index (χ2n) is 3.90. The van der Waals surface area contributed by atoms with E-state index >= 15 is 0 Å². The molecule has 1 aromatic rings. The van der Waals surface area contributed by atoms with Crippen molar-refractivity contribution < 1.29 is 13.5 Å². The molecule has 1 aromatic heterocycles. The van der Waals surface area contributed by atoms with E-state index in [-0.39, 0.29) is 11.5 Å². The van der Waals surface area contributed by atoms with E-state index in [4.69, 9.17) is 5.11 Å². The van der Waals surface area contributed by atoms with Crippen LogP contribution in [-0.4, -0.2) is 48.0 Å². The highest BCUT2D eigenvalue weighted by atomic mass is 32.2. The highest BCUT2D eigenvalue weighted by molar-refractivity contribution is 7.99. The van der Waals surface area contributed by atoms with Gasteiger partial charge in [-0.15, -0.1) is 0 Å². The summed E-state index contributed by atoms with van der Waals surface area (Å²) >= 11 is 1.70. The average molecular weight is 293 g/mol. The number of hydrogen-bond donors (Lipinski definition) is 2. The molecule has 0 amide bonds. The Hall–Kier alpha value is -0.570. The SMILES string of the molecule is CSC(C)CCNS(=O)(=O)c1cnn(CCO)c1. The maximum absolute atomic E-state index is 11.9. The second-order valence-corrected chi connectivity index (χ2v) is 6.94. The molecule has 6 nitrogen and oxygen atoms in total. The standard InChI is InChI=1S/C10H19N3O3S2/c1-9(17-2)3-4-12-18(15,16)10-7-11-13(8-10)5-6-14/h7-9,12,14H,3-6H2,1-2H3. The molecule has 0 aromatic carbocycles. The molecule has 2 N–H and O–H groups in total. The van der Waals surface area contributed by atoms with Crippen molar-refractivity contribution in [2.24, 2.45) is 0 Å². The van der Waals surface area contributed by atoms with Crippen LogP contribution in [0.15, 0.2) is 17.3 Å². The number of nitrogens with zero attached hydrogens (tertiary/aromatic N) is 2. The van der Waals surface area contributed by atoms with Crippen LogP contribution < -0.4 is 4.72 Å². The summed E-state index contributed by atoms with van der Waals surface area (Å²) in [6, 6.07) is 0. The molecule has 0 spiro atoms. The van der Waals surface area contributed by atoms with Crippen molar-refractivity contribution >= 4 is 21.8 Å². The van der Waals surface area contributed by atoms with Crippen LogP contribution in [0.2, 0.25) is 0 Å². The lowest BCUT2D eigenvalue weighted by Crippen LogP contribution is -2.26. The maximum atomic E-state index is 11.9. The molecule has 0 aliphatic heterocycles. The first-order valence-electron chi connectivity index (χ1n) is 5.65. The van der Waals surface area contributed by atoms with Gasteiger partial charge >= 0.3 is 0 Å². The Morgan fingerprint density at radius 2 is 2.33 bits per heavy atom. The Balaban J connectivity index is 2.56. The number of sulfonamides is 1. The second kappa shape index (κ2) is 7.13. The Kier molecular flexibility index (Phi) is 6.13. The van der Waals surface area contributed by atoms with Crippen LogP contribution in [-0.2, 0) is 16.6 Å². The molecule has 0 radical (unpaired) electrons. The lowest BCUT2D eigenvalue weighted by atomic mass is 10.3. The van der Waals surface area contributed by atoms with Gasteiger partial charge < -0.3 is 5.11 Å². The Morgan fingerprint density at radius 1 is 1.61 bits per heavy atom. The number of nitrogens with one attached hydrogen (secondary N) is 1. The minimum absolute atomic E-state index is 0.0696. The third-order valence-electron chi connectivity index (χ3n) is 2.49. The van der Waals surface area contributed by atoms with E-state index in [2.05, 4.69) is 16.7 Å². The molecule has 8 heteroatoms. The van der Waals surface area contributed by atoms with Gasteiger partial charge in [-0.2, -0.15) is 16.9 Å². The zero-order valence-corrected chi connectivity index (χ0v) is 12.2. The van der Waals surface area contributed by atoms with Crippen molar-refractivity contribution in [3.63, 3.8) is 0 Å². The zero-order valence-electron chi connectivity index (χ0n) is 10.5. The van der Waals surface area contributed by atoms with E-state index in [1.54, 1.807) is 11.8 Å². The fourth-order valence-electron chi connectivity index (χ4n) is 1.31. The van der Waals surface area contributed by atoms with Gasteiger partial charge in [0.1, 0.15) is 4.90 Å². The number of rotatable bonds is 8. The minimum atomic E-state index is -3.49. The highest BCUT2D eigenvalue weighted by Crippen LogP contribution is 2.10. The lowest BCUT2D eigenvalue weighted by molar-refractivity contribution is 0.269. The number of thioether (sulfide) groups is 1. The van der Waals surface area contributed by atoms with Crippen molar-refractivity contribution in [3.05, 3.63) is 12.4 Å². The van der Waals surface area contributed by atoms with Crippen molar-refractivity contribution in [2.45, 2.75) is 30.0 Å². The van der Waals surface area contributed by atoms with Crippen LogP contribution in [0.25, 0.3) is 0 Å². The van der Waals surface area contributed by atoms with E-state index in [1.807, 2.05) is 6.26 Å². The van der Waals surface area contributed by atoms with Crippen molar-refractivity contribution in [1.29, 1.82) is 0 Å². The van der Waals surface area contributed by atoms with Crippen molar-refractivity contribution in [1.82, 2.24) is 14.5 Å². The molecule has 0 fully saturated rings. The molecular formula is C10H19N3O3S2. The molecule has 104 valence electrons. The molecule has 1 heterocycles. The molecule has 1 atom stereocenters. The van der Waals surface area contributed by atoms with E-state index in [0.29, 0.717) is 18.3 Å². The molecule has 0 aliphatic rings.